The van der Waals surface area contributed by atoms with Crippen molar-refractivity contribution in [3.63, 3.8) is 0 Å². The number of piperidine rings is 1. The number of fused-ring (bicyclic) bond motifs is 2. The fraction of sp³-hybridized carbons (Fsp3) is 0.696. The van der Waals surface area contributed by atoms with Gasteiger partial charge in [-0.15, -0.1) is 24.0 Å². The van der Waals surface area contributed by atoms with E-state index in [-0.39, 0.29) is 24.0 Å². The normalized spacial score (nSPS) is 31.1. The number of rotatable bonds is 3. The third-order valence-electron chi connectivity index (χ3n) is 7.57. The van der Waals surface area contributed by atoms with Crippen molar-refractivity contribution in [2.75, 3.05) is 26.7 Å². The van der Waals surface area contributed by atoms with Crippen molar-refractivity contribution in [1.82, 2.24) is 10.2 Å². The summed E-state index contributed by atoms with van der Waals surface area (Å²) in [5.74, 6) is 2.74. The van der Waals surface area contributed by atoms with Crippen LogP contribution in [0.1, 0.15) is 44.9 Å². The Kier molecular flexibility index (Phi) is 6.59. The molecule has 6 heteroatoms. The zero-order valence-corrected chi connectivity index (χ0v) is 19.7. The molecule has 2 saturated carbocycles. The number of likely N-dealkylation sites (tertiary alicyclic amines) is 1. The van der Waals surface area contributed by atoms with Gasteiger partial charge in [-0.1, -0.05) is 31.0 Å². The van der Waals surface area contributed by atoms with Gasteiger partial charge in [0.15, 0.2) is 5.96 Å². The van der Waals surface area contributed by atoms with Gasteiger partial charge in [0, 0.05) is 57.0 Å². The number of para-hydroxylation sites is 1. The van der Waals surface area contributed by atoms with Crippen LogP contribution in [0.15, 0.2) is 35.3 Å². The quantitative estimate of drug-likeness (QED) is 0.378. The molecule has 1 aromatic carbocycles. The van der Waals surface area contributed by atoms with Gasteiger partial charge in [-0.25, -0.2) is 0 Å². The maximum Gasteiger partial charge on any atom is 0.193 e. The van der Waals surface area contributed by atoms with Gasteiger partial charge in [-0.3, -0.25) is 4.99 Å². The molecule has 5 nitrogen and oxygen atoms in total. The topological polar surface area (TPSA) is 46.1 Å². The predicted molar refractivity (Wildman–Crippen MR) is 126 cm³/mol. The molecule has 1 spiro atoms. The minimum absolute atomic E-state index is 0. The number of hydrogen-bond acceptors (Lipinski definition) is 3. The Balaban J connectivity index is 0.00000205. The van der Waals surface area contributed by atoms with Crippen molar-refractivity contribution in [3.05, 3.63) is 30.3 Å². The average molecular weight is 511 g/mol. The van der Waals surface area contributed by atoms with E-state index in [0.717, 1.165) is 44.2 Å². The molecule has 160 valence electrons. The molecule has 0 bridgehead atoms. The molecular formula is C23H34IN3O2. The summed E-state index contributed by atoms with van der Waals surface area (Å²) in [5, 5.41) is 3.90. The highest BCUT2D eigenvalue weighted by Gasteiger charge is 2.65. The second kappa shape index (κ2) is 9.00. The largest absolute Gasteiger partial charge is 0.490 e. The molecule has 2 aliphatic carbocycles. The van der Waals surface area contributed by atoms with Gasteiger partial charge in [0.25, 0.3) is 0 Å². The Morgan fingerprint density at radius 1 is 1.14 bits per heavy atom. The summed E-state index contributed by atoms with van der Waals surface area (Å²) >= 11 is 0. The van der Waals surface area contributed by atoms with Gasteiger partial charge in [0.05, 0.1) is 6.10 Å². The third kappa shape index (κ3) is 3.87. The smallest absolute Gasteiger partial charge is 0.193 e. The Hall–Kier alpha value is -1.02. The molecular weight excluding hydrogens is 477 g/mol. The van der Waals surface area contributed by atoms with Crippen molar-refractivity contribution in [2.45, 2.75) is 63.2 Å². The standard InChI is InChI=1S/C23H33N3O2.HI/c1-24-22(25-20-19-11-16-27-21(19)23(20)12-5-6-13-23)26-14-9-18(10-15-26)28-17-7-3-2-4-8-17;/h2-4,7-8,18-21H,5-6,9-16H2,1H3,(H,24,25);1H. The van der Waals surface area contributed by atoms with Crippen LogP contribution in [0.3, 0.4) is 0 Å². The van der Waals surface area contributed by atoms with Crippen LogP contribution < -0.4 is 10.1 Å². The highest BCUT2D eigenvalue weighted by molar-refractivity contribution is 14.0. The van der Waals surface area contributed by atoms with Crippen molar-refractivity contribution in [2.24, 2.45) is 16.3 Å². The minimum atomic E-state index is 0. The van der Waals surface area contributed by atoms with Crippen LogP contribution in [0.25, 0.3) is 0 Å². The highest BCUT2D eigenvalue weighted by atomic mass is 127. The fourth-order valence-corrected chi connectivity index (χ4v) is 6.22. The van der Waals surface area contributed by atoms with Gasteiger partial charge in [0.2, 0.25) is 0 Å². The third-order valence-corrected chi connectivity index (χ3v) is 7.57. The molecule has 0 aromatic heterocycles. The fourth-order valence-electron chi connectivity index (χ4n) is 6.22. The van der Waals surface area contributed by atoms with Gasteiger partial charge in [-0.2, -0.15) is 0 Å². The van der Waals surface area contributed by atoms with Crippen molar-refractivity contribution in [3.8, 4) is 5.75 Å². The predicted octanol–water partition coefficient (Wildman–Crippen LogP) is 4.07. The molecule has 0 radical (unpaired) electrons. The number of ether oxygens (including phenoxy) is 2. The molecule has 2 heterocycles. The van der Waals surface area contributed by atoms with Crippen LogP contribution in [-0.2, 0) is 4.74 Å². The first-order valence-corrected chi connectivity index (χ1v) is 11.1. The zero-order chi connectivity index (χ0) is 19.0. The summed E-state index contributed by atoms with van der Waals surface area (Å²) in [6, 6.07) is 10.7. The number of halogens is 1. The molecule has 29 heavy (non-hydrogen) atoms. The van der Waals surface area contributed by atoms with Gasteiger partial charge >= 0.3 is 0 Å². The van der Waals surface area contributed by atoms with Crippen LogP contribution in [0, 0.1) is 11.3 Å². The number of nitrogens with zero attached hydrogens (tertiary/aromatic N) is 2. The molecule has 4 fully saturated rings. The van der Waals surface area contributed by atoms with Crippen LogP contribution in [0.5, 0.6) is 5.75 Å². The lowest BCUT2D eigenvalue weighted by Gasteiger charge is -2.57. The Morgan fingerprint density at radius 2 is 1.86 bits per heavy atom. The van der Waals surface area contributed by atoms with E-state index < -0.39 is 0 Å². The number of hydrogen-bond donors (Lipinski definition) is 1. The first-order chi connectivity index (χ1) is 13.8. The average Bonchev–Trinajstić information content (AvgIpc) is 3.39. The number of guanidine groups is 1. The molecule has 2 saturated heterocycles. The summed E-state index contributed by atoms with van der Waals surface area (Å²) in [7, 11) is 1.93. The van der Waals surface area contributed by atoms with E-state index in [9.17, 15) is 0 Å². The molecule has 4 aliphatic rings. The summed E-state index contributed by atoms with van der Waals surface area (Å²) in [4.78, 5) is 7.09. The first kappa shape index (κ1) is 21.2. The van der Waals surface area contributed by atoms with E-state index in [0.29, 0.717) is 29.6 Å². The molecule has 5 rings (SSSR count). The second-order valence-electron chi connectivity index (χ2n) is 8.97. The van der Waals surface area contributed by atoms with Crippen molar-refractivity contribution >= 4 is 29.9 Å². The minimum Gasteiger partial charge on any atom is -0.490 e. The summed E-state index contributed by atoms with van der Waals surface area (Å²) in [5.41, 5.74) is 0.367. The zero-order valence-electron chi connectivity index (χ0n) is 17.4. The van der Waals surface area contributed by atoms with Gasteiger partial charge in [0.1, 0.15) is 11.9 Å². The lowest BCUT2D eigenvalue weighted by atomic mass is 9.54. The van der Waals surface area contributed by atoms with Gasteiger partial charge < -0.3 is 19.7 Å². The molecule has 1 aromatic rings. The monoisotopic (exact) mass is 511 g/mol. The number of aliphatic imine (C=N–C) groups is 1. The first-order valence-electron chi connectivity index (χ1n) is 11.1. The van der Waals surface area contributed by atoms with Crippen LogP contribution in [0.2, 0.25) is 0 Å². The van der Waals surface area contributed by atoms with Crippen molar-refractivity contribution in [1.29, 1.82) is 0 Å². The number of nitrogens with one attached hydrogen (secondary N) is 1. The summed E-state index contributed by atoms with van der Waals surface area (Å²) < 4.78 is 12.3. The van der Waals surface area contributed by atoms with Gasteiger partial charge in [-0.05, 0) is 31.4 Å². The van der Waals surface area contributed by atoms with E-state index in [4.69, 9.17) is 9.47 Å². The molecule has 0 amide bonds. The van der Waals surface area contributed by atoms with Crippen LogP contribution in [0.4, 0.5) is 0 Å². The van der Waals surface area contributed by atoms with E-state index in [1.165, 1.54) is 32.1 Å². The maximum absolute atomic E-state index is 6.16. The van der Waals surface area contributed by atoms with Crippen molar-refractivity contribution < 1.29 is 9.47 Å². The Morgan fingerprint density at radius 3 is 2.55 bits per heavy atom. The van der Waals surface area contributed by atoms with E-state index in [1.54, 1.807) is 0 Å². The molecule has 2 aliphatic heterocycles. The van der Waals surface area contributed by atoms with E-state index in [2.05, 4.69) is 15.2 Å². The molecule has 3 atom stereocenters. The second-order valence-corrected chi connectivity index (χ2v) is 8.97. The lowest BCUT2D eigenvalue weighted by Crippen LogP contribution is -2.69. The summed E-state index contributed by atoms with van der Waals surface area (Å²) in [6.45, 7) is 2.94. The highest BCUT2D eigenvalue weighted by Crippen LogP contribution is 2.60. The van der Waals surface area contributed by atoms with Crippen LogP contribution in [-0.4, -0.2) is 55.9 Å². The lowest BCUT2D eigenvalue weighted by molar-refractivity contribution is -0.125. The van der Waals surface area contributed by atoms with E-state index >= 15 is 0 Å². The Labute approximate surface area is 191 Å². The SMILES string of the molecule is CN=C(NC1C2CCOC2C12CCCC2)N1CCC(Oc2ccccc2)CC1.I. The molecule has 1 N–H and O–H groups in total. The Bertz CT molecular complexity index is 699. The summed E-state index contributed by atoms with van der Waals surface area (Å²) in [6.07, 6.45) is 9.42. The molecule has 3 unspecified atom stereocenters. The maximum atomic E-state index is 6.16. The number of benzene rings is 1. The van der Waals surface area contributed by atoms with Crippen LogP contribution >= 0.6 is 24.0 Å². The van der Waals surface area contributed by atoms with E-state index in [1.807, 2.05) is 37.4 Å².